The third kappa shape index (κ3) is 13.1. The quantitative estimate of drug-likeness (QED) is 0.0145. The van der Waals surface area contributed by atoms with E-state index in [1.807, 2.05) is 206 Å². The SMILES string of the molecule is CC(C)(C)OC(=O)Nc1nc(C(=NOC(c2ccccc2)(c2ccccc2)c2ccccc2)C(=O)N[C@@H]2C(=O)N3C(C(=O)OC(c4ccccc4)c4ccccc4)=C(SCSC(c4cnn[nH]4)C(c4ccccc4)(c4ccccc4)c4ccccc4)CS[C@@H]23)cs1. The molecule has 2 aliphatic heterocycles. The molecule has 1 unspecified atom stereocenters. The number of thioether (sulfide) groups is 3. The van der Waals surface area contributed by atoms with Crippen LogP contribution >= 0.6 is 46.6 Å². The summed E-state index contributed by atoms with van der Waals surface area (Å²) in [6.45, 7) is 5.24. The molecule has 0 radical (unpaired) electrons. The Labute approximate surface area is 544 Å². The molecule has 0 aliphatic carbocycles. The third-order valence-corrected chi connectivity index (χ3v) is 20.4. The largest absolute Gasteiger partial charge is 0.448 e. The Balaban J connectivity index is 0.911. The number of carbonyl (C=O) groups excluding carboxylic acids is 4. The number of amides is 3. The predicted octanol–water partition coefficient (Wildman–Crippen LogP) is 14.5. The number of β-lactam (4-membered cyclic amide) rings is 1. The van der Waals surface area contributed by atoms with E-state index < -0.39 is 58.0 Å². The summed E-state index contributed by atoms with van der Waals surface area (Å²) < 4.78 is 12.2. The zero-order valence-electron chi connectivity index (χ0n) is 49.7. The van der Waals surface area contributed by atoms with E-state index in [0.717, 1.165) is 44.8 Å². The Morgan fingerprint density at radius 2 is 1.14 bits per heavy atom. The summed E-state index contributed by atoms with van der Waals surface area (Å²) >= 11 is 5.58. The minimum Gasteiger partial charge on any atom is -0.448 e. The molecule has 15 nitrogen and oxygen atoms in total. The molecule has 456 valence electrons. The molecule has 10 aromatic rings. The summed E-state index contributed by atoms with van der Waals surface area (Å²) in [5.41, 5.74) is 4.35. The first kappa shape index (κ1) is 61.7. The Morgan fingerprint density at radius 3 is 1.60 bits per heavy atom. The van der Waals surface area contributed by atoms with Crippen LogP contribution in [0, 0.1) is 0 Å². The molecule has 3 N–H and O–H groups in total. The van der Waals surface area contributed by atoms with Gasteiger partial charge in [-0.1, -0.05) is 253 Å². The van der Waals surface area contributed by atoms with Crippen LogP contribution in [0.3, 0.4) is 0 Å². The van der Waals surface area contributed by atoms with Crippen molar-refractivity contribution in [3.63, 3.8) is 0 Å². The van der Waals surface area contributed by atoms with Gasteiger partial charge in [0.1, 0.15) is 28.4 Å². The molecule has 2 aromatic heterocycles. The molecule has 8 aromatic carbocycles. The van der Waals surface area contributed by atoms with E-state index in [0.29, 0.717) is 26.7 Å². The number of aromatic nitrogens is 4. The van der Waals surface area contributed by atoms with E-state index in [2.05, 4.69) is 67.4 Å². The fourth-order valence-corrected chi connectivity index (χ4v) is 16.6. The van der Waals surface area contributed by atoms with Gasteiger partial charge in [0.25, 0.3) is 11.8 Å². The highest BCUT2D eigenvalue weighted by Crippen LogP contribution is 2.56. The van der Waals surface area contributed by atoms with Gasteiger partial charge in [0, 0.05) is 37.8 Å². The zero-order valence-corrected chi connectivity index (χ0v) is 53.0. The Hall–Kier alpha value is -9.53. The molecule has 0 bridgehead atoms. The molecule has 2 aliphatic rings. The molecule has 4 heterocycles. The number of aromatic amines is 1. The smallest absolute Gasteiger partial charge is 0.413 e. The highest BCUT2D eigenvalue weighted by atomic mass is 32.2. The lowest BCUT2D eigenvalue weighted by Crippen LogP contribution is -2.71. The van der Waals surface area contributed by atoms with Gasteiger partial charge >= 0.3 is 12.1 Å². The van der Waals surface area contributed by atoms with Crippen LogP contribution in [-0.4, -0.2) is 82.7 Å². The van der Waals surface area contributed by atoms with Crippen molar-refractivity contribution in [1.82, 2.24) is 30.6 Å². The molecule has 1 fully saturated rings. The van der Waals surface area contributed by atoms with Crippen LogP contribution in [0.5, 0.6) is 0 Å². The van der Waals surface area contributed by atoms with Gasteiger partial charge in [0.15, 0.2) is 16.9 Å². The lowest BCUT2D eigenvalue weighted by Gasteiger charge is -2.49. The van der Waals surface area contributed by atoms with Gasteiger partial charge in [-0.2, -0.15) is 0 Å². The number of nitrogens with zero attached hydrogens (tertiary/aromatic N) is 5. The highest BCUT2D eigenvalue weighted by Gasteiger charge is 2.56. The van der Waals surface area contributed by atoms with Gasteiger partial charge in [-0.25, -0.2) is 14.6 Å². The summed E-state index contributed by atoms with van der Waals surface area (Å²) in [6.07, 6.45) is 0.174. The van der Waals surface area contributed by atoms with Crippen LogP contribution in [0.25, 0.3) is 0 Å². The third-order valence-electron chi connectivity index (χ3n) is 15.5. The second-order valence-corrected chi connectivity index (χ2v) is 26.8. The Bertz CT molecular complexity index is 3940. The second kappa shape index (κ2) is 27.7. The number of carbonyl (C=O) groups is 4. The van der Waals surface area contributed by atoms with Gasteiger partial charge in [0.05, 0.1) is 22.6 Å². The normalized spacial score (nSPS) is 15.5. The molecule has 3 amide bonds. The van der Waals surface area contributed by atoms with Crippen molar-refractivity contribution in [2.24, 2.45) is 5.16 Å². The molecule has 0 saturated carbocycles. The highest BCUT2D eigenvalue weighted by molar-refractivity contribution is 8.18. The maximum atomic E-state index is 15.5. The molecule has 19 heteroatoms. The fraction of sp³-hybridized carbons (Fsp3) is 0.167. The number of hydrogen-bond acceptors (Lipinski definition) is 15. The number of H-pyrrole nitrogens is 1. The monoisotopic (exact) mass is 1280 g/mol. The molecule has 3 atom stereocenters. The van der Waals surface area contributed by atoms with E-state index in [4.69, 9.17) is 19.5 Å². The maximum Gasteiger partial charge on any atom is 0.413 e. The number of nitrogens with one attached hydrogen (secondary N) is 3. The van der Waals surface area contributed by atoms with Crippen molar-refractivity contribution < 1.29 is 33.5 Å². The number of benzene rings is 8. The van der Waals surface area contributed by atoms with Crippen LogP contribution in [0.2, 0.25) is 0 Å². The van der Waals surface area contributed by atoms with Crippen molar-refractivity contribution in [2.75, 3.05) is 16.2 Å². The van der Waals surface area contributed by atoms with Crippen LogP contribution in [0.4, 0.5) is 9.93 Å². The van der Waals surface area contributed by atoms with E-state index in [-0.39, 0.29) is 33.2 Å². The summed E-state index contributed by atoms with van der Waals surface area (Å²) in [7, 11) is 0. The van der Waals surface area contributed by atoms with Gasteiger partial charge in [-0.3, -0.25) is 24.9 Å². The predicted molar refractivity (Wildman–Crippen MR) is 360 cm³/mol. The molecular weight excluding hydrogens is 1220 g/mol. The number of fused-ring (bicyclic) bond motifs is 1. The summed E-state index contributed by atoms with van der Waals surface area (Å²) in [5.74, 6) is -1.78. The average Bonchev–Trinajstić information content (AvgIpc) is 1.12. The van der Waals surface area contributed by atoms with Gasteiger partial charge in [0.2, 0.25) is 5.60 Å². The summed E-state index contributed by atoms with van der Waals surface area (Å²) in [6, 6.07) is 77.6. The fourth-order valence-electron chi connectivity index (χ4n) is 11.5. The summed E-state index contributed by atoms with van der Waals surface area (Å²) in [5, 5.41) is 23.1. The molecular formula is C72H62N8O7S4. The average molecular weight is 1280 g/mol. The minimum absolute atomic E-state index is 0.0461. The van der Waals surface area contributed by atoms with Crippen LogP contribution in [0.1, 0.15) is 88.0 Å². The standard InChI is InChI=1S/C72H62N8O7S4/c1-70(2,3)86-69(84)76-68-74-57(45-89-68)59(78-87-72(53-38-22-9-23-39-53,54-40-24-10-25-41-54)55-42-26-11-27-43-55)64(81)75-60-65(82)80-61(67(83)85-62(48-28-12-4-13-29-48)49-30-14-5-15-31-49)58(46-88-66(60)80)90-47-91-63(56-44-73-79-77-56)71(50-32-16-6-17-33-50,51-34-18-7-19-35-51)52-36-20-8-21-37-52/h4-45,60,62-63,66H,46-47H2,1-3H3,(H,75,81)(H,73,77,79)(H,74,76,84)/t60-,63?,66+/m1/s1. The van der Waals surface area contributed by atoms with E-state index in [1.54, 1.807) is 44.1 Å². The van der Waals surface area contributed by atoms with Crippen molar-refractivity contribution in [2.45, 2.75) is 60.2 Å². The van der Waals surface area contributed by atoms with E-state index >= 15 is 14.4 Å². The number of hydrogen-bond donors (Lipinski definition) is 3. The summed E-state index contributed by atoms with van der Waals surface area (Å²) in [4.78, 5) is 72.9. The first-order chi connectivity index (χ1) is 44.4. The first-order valence-electron chi connectivity index (χ1n) is 29.4. The van der Waals surface area contributed by atoms with Crippen molar-refractivity contribution in [3.05, 3.63) is 321 Å². The van der Waals surface area contributed by atoms with Crippen molar-refractivity contribution >= 4 is 81.3 Å². The first-order valence-corrected chi connectivity index (χ1v) is 33.3. The maximum absolute atomic E-state index is 15.5. The second-order valence-electron chi connectivity index (χ2n) is 22.3. The molecule has 0 spiro atoms. The van der Waals surface area contributed by atoms with Gasteiger partial charge < -0.3 is 19.6 Å². The van der Waals surface area contributed by atoms with Crippen LogP contribution in [-0.2, 0) is 39.7 Å². The number of rotatable bonds is 22. The minimum atomic E-state index is -1.42. The Kier molecular flexibility index (Phi) is 18.8. The number of thiazole rings is 1. The number of oxime groups is 1. The lowest BCUT2D eigenvalue weighted by molar-refractivity contribution is -0.154. The number of anilines is 1. The van der Waals surface area contributed by atoms with Crippen LogP contribution in [0.15, 0.2) is 270 Å². The topological polar surface area (TPSA) is 190 Å². The molecule has 91 heavy (non-hydrogen) atoms. The lowest BCUT2D eigenvalue weighted by atomic mass is 9.66. The molecule has 1 saturated heterocycles. The van der Waals surface area contributed by atoms with E-state index in [9.17, 15) is 4.79 Å². The zero-order chi connectivity index (χ0) is 62.8. The van der Waals surface area contributed by atoms with E-state index in [1.165, 1.54) is 28.4 Å². The molecule has 12 rings (SSSR count). The number of ether oxygens (including phenoxy) is 2. The van der Waals surface area contributed by atoms with Gasteiger partial charge in [-0.15, -0.1) is 51.7 Å². The van der Waals surface area contributed by atoms with Crippen molar-refractivity contribution in [3.8, 4) is 0 Å². The van der Waals surface area contributed by atoms with Crippen LogP contribution < -0.4 is 10.6 Å². The Morgan fingerprint density at radius 1 is 0.670 bits per heavy atom. The van der Waals surface area contributed by atoms with Gasteiger partial charge in [-0.05, 0) is 48.6 Å². The number of esters is 1. The van der Waals surface area contributed by atoms with Crippen molar-refractivity contribution in [1.29, 1.82) is 0 Å².